The number of imidazole rings is 2. The van der Waals surface area contributed by atoms with Gasteiger partial charge in [-0.25, -0.2) is 9.78 Å². The molecule has 1 amide bonds. The van der Waals surface area contributed by atoms with Gasteiger partial charge in [0.25, 0.3) is 0 Å². The van der Waals surface area contributed by atoms with Crippen LogP contribution in [-0.2, 0) is 4.79 Å². The number of nitrogens with one attached hydrogen (secondary N) is 3. The molecule has 0 atom stereocenters. The van der Waals surface area contributed by atoms with E-state index in [1.54, 1.807) is 19.3 Å². The summed E-state index contributed by atoms with van der Waals surface area (Å²) in [5, 5.41) is 2.83. The van der Waals surface area contributed by atoms with Crippen LogP contribution in [0.3, 0.4) is 0 Å². The predicted molar refractivity (Wildman–Crippen MR) is 60.9 cm³/mol. The van der Waals surface area contributed by atoms with Gasteiger partial charge in [-0.05, 0) is 6.92 Å². The maximum absolute atomic E-state index is 11.1. The quantitative estimate of drug-likeness (QED) is 0.376. The molecule has 0 fully saturated rings. The van der Waals surface area contributed by atoms with Gasteiger partial charge in [0, 0.05) is 12.4 Å². The highest BCUT2D eigenvalue weighted by molar-refractivity contribution is 5.98. The number of nitrogens with zero attached hydrogens (tertiary/aromatic N) is 3. The molecule has 8 nitrogen and oxygen atoms in total. The number of aromatic nitrogens is 4. The Bertz CT molecular complexity index is 591. The summed E-state index contributed by atoms with van der Waals surface area (Å²) in [6.45, 7) is 1.71. The fraction of sp³-hybridized carbons (Fsp3) is 0.111. The lowest BCUT2D eigenvalue weighted by Crippen LogP contribution is -2.21. The number of carbonyl (C=O) groups excluding carboxylic acids is 1. The van der Waals surface area contributed by atoms with Gasteiger partial charge in [0.1, 0.15) is 12.1 Å². The van der Waals surface area contributed by atoms with Crippen molar-refractivity contribution in [3.8, 4) is 0 Å². The number of hydrogen-bond donors (Lipinski definition) is 3. The minimum atomic E-state index is -0.332. The third-order valence-electron chi connectivity index (χ3n) is 2.08. The number of anilines is 1. The van der Waals surface area contributed by atoms with Crippen LogP contribution in [0.1, 0.15) is 5.69 Å². The van der Waals surface area contributed by atoms with Crippen molar-refractivity contribution in [1.82, 2.24) is 19.5 Å². The highest BCUT2D eigenvalue weighted by atomic mass is 16.1. The van der Waals surface area contributed by atoms with Crippen LogP contribution < -0.4 is 11.0 Å². The molecule has 0 saturated carbocycles. The van der Waals surface area contributed by atoms with Crippen LogP contribution in [0.2, 0.25) is 0 Å². The lowest BCUT2D eigenvalue weighted by Gasteiger charge is -2.07. The lowest BCUT2D eigenvalue weighted by atomic mass is 10.5. The minimum Gasteiger partial charge on any atom is -0.310 e. The number of hydrogen-bond acceptors (Lipinski definition) is 3. The monoisotopic (exact) mass is 234 g/mol. The molecule has 2 rings (SSSR count). The maximum Gasteiger partial charge on any atom is 0.324 e. The zero-order valence-electron chi connectivity index (χ0n) is 8.97. The van der Waals surface area contributed by atoms with Crippen LogP contribution in [0.4, 0.5) is 5.82 Å². The van der Waals surface area contributed by atoms with E-state index in [0.717, 1.165) is 0 Å². The van der Waals surface area contributed by atoms with Crippen molar-refractivity contribution in [1.29, 1.82) is 0 Å². The van der Waals surface area contributed by atoms with Gasteiger partial charge in [-0.3, -0.25) is 14.3 Å². The molecule has 17 heavy (non-hydrogen) atoms. The summed E-state index contributed by atoms with van der Waals surface area (Å²) in [7, 11) is 0. The Morgan fingerprint density at radius 1 is 1.59 bits per heavy atom. The van der Waals surface area contributed by atoms with Crippen LogP contribution in [-0.4, -0.2) is 31.9 Å². The molecule has 0 unspecified atom stereocenters. The number of carbonyl (C=O) groups is 1. The number of amides is 1. The molecule has 8 heteroatoms. The molecular formula is C9H10N6O2. The average molecular weight is 234 g/mol. The number of aliphatic imine (C=N–C) groups is 1. The fourth-order valence-electron chi connectivity index (χ4n) is 1.31. The molecule has 0 spiro atoms. The molecule has 0 radical (unpaired) electrons. The van der Waals surface area contributed by atoms with E-state index in [-0.39, 0.29) is 11.6 Å². The highest BCUT2D eigenvalue weighted by Crippen LogP contribution is 2.05. The summed E-state index contributed by atoms with van der Waals surface area (Å²) in [5.74, 6) is 0.695. The van der Waals surface area contributed by atoms with E-state index in [0.29, 0.717) is 17.9 Å². The van der Waals surface area contributed by atoms with E-state index in [1.807, 2.05) is 0 Å². The van der Waals surface area contributed by atoms with Gasteiger partial charge in [-0.2, -0.15) is 4.99 Å². The Balaban J connectivity index is 2.31. The highest BCUT2D eigenvalue weighted by Gasteiger charge is 2.07. The first-order chi connectivity index (χ1) is 8.20. The number of aryl methyl sites for hydroxylation is 1. The fourth-order valence-corrected chi connectivity index (χ4v) is 1.31. The molecule has 0 saturated heterocycles. The van der Waals surface area contributed by atoms with Crippen molar-refractivity contribution < 1.29 is 4.79 Å². The van der Waals surface area contributed by atoms with Gasteiger partial charge in [0.05, 0.1) is 5.69 Å². The molecule has 3 N–H and O–H groups in total. The molecular weight excluding hydrogens is 224 g/mol. The molecule has 88 valence electrons. The van der Waals surface area contributed by atoms with Crippen molar-refractivity contribution in [2.24, 2.45) is 4.99 Å². The largest absolute Gasteiger partial charge is 0.324 e. The van der Waals surface area contributed by atoms with Crippen molar-refractivity contribution in [2.45, 2.75) is 6.92 Å². The molecule has 0 aliphatic rings. The summed E-state index contributed by atoms with van der Waals surface area (Å²) in [6, 6.07) is 0. The molecule has 2 heterocycles. The van der Waals surface area contributed by atoms with E-state index in [9.17, 15) is 9.59 Å². The van der Waals surface area contributed by atoms with E-state index in [2.05, 4.69) is 25.3 Å². The second kappa shape index (κ2) is 4.47. The van der Waals surface area contributed by atoms with E-state index < -0.39 is 0 Å². The van der Waals surface area contributed by atoms with Crippen molar-refractivity contribution in [3.63, 3.8) is 0 Å². The number of rotatable bonds is 2. The SMILES string of the molecule is Cc1[nH]c(=O)[nH]c1N/C(=N\C=O)n1ccnc1. The summed E-state index contributed by atoms with van der Waals surface area (Å²) < 4.78 is 1.51. The van der Waals surface area contributed by atoms with Crippen LogP contribution >= 0.6 is 0 Å². The van der Waals surface area contributed by atoms with Gasteiger partial charge in [0.2, 0.25) is 12.4 Å². The van der Waals surface area contributed by atoms with Gasteiger partial charge >= 0.3 is 5.69 Å². The predicted octanol–water partition coefficient (Wildman–Crippen LogP) is -0.319. The minimum absolute atomic E-state index is 0.246. The molecule has 0 aliphatic heterocycles. The molecule has 0 bridgehead atoms. The Hall–Kier alpha value is -2.64. The van der Waals surface area contributed by atoms with Gasteiger partial charge < -0.3 is 10.3 Å². The maximum atomic E-state index is 11.1. The van der Waals surface area contributed by atoms with Crippen molar-refractivity contribution in [3.05, 3.63) is 34.9 Å². The van der Waals surface area contributed by atoms with Gasteiger partial charge in [0.15, 0.2) is 0 Å². The number of H-pyrrole nitrogens is 2. The second-order valence-corrected chi connectivity index (χ2v) is 3.23. The first kappa shape index (κ1) is 10.9. The van der Waals surface area contributed by atoms with E-state index >= 15 is 0 Å². The Labute approximate surface area is 95.4 Å². The summed E-state index contributed by atoms with van der Waals surface area (Å²) in [4.78, 5) is 34.1. The van der Waals surface area contributed by atoms with Crippen molar-refractivity contribution >= 4 is 18.2 Å². The first-order valence-corrected chi connectivity index (χ1v) is 4.76. The van der Waals surface area contributed by atoms with Gasteiger partial charge in [-0.1, -0.05) is 0 Å². The van der Waals surface area contributed by atoms with Crippen LogP contribution in [0, 0.1) is 6.92 Å². The molecule has 0 aromatic carbocycles. The normalized spacial score (nSPS) is 11.5. The summed E-state index contributed by atoms with van der Waals surface area (Å²) in [5.41, 5.74) is 0.287. The van der Waals surface area contributed by atoms with Crippen LogP contribution in [0.15, 0.2) is 28.5 Å². The van der Waals surface area contributed by atoms with Crippen molar-refractivity contribution in [2.75, 3.05) is 5.32 Å². The number of aromatic amines is 2. The van der Waals surface area contributed by atoms with Crippen LogP contribution in [0.5, 0.6) is 0 Å². The Morgan fingerprint density at radius 3 is 2.94 bits per heavy atom. The molecule has 2 aromatic rings. The third-order valence-corrected chi connectivity index (χ3v) is 2.08. The smallest absolute Gasteiger partial charge is 0.310 e. The lowest BCUT2D eigenvalue weighted by molar-refractivity contribution is -0.106. The standard InChI is InChI=1S/C9H10N6O2/c1-6-7(14-9(17)12-6)13-8(11-5-16)15-3-2-10-4-15/h2-5H,1H3,(H,11,13,16)(H2,12,14,17). The first-order valence-electron chi connectivity index (χ1n) is 4.76. The molecule has 0 aliphatic carbocycles. The summed E-state index contributed by atoms with van der Waals surface area (Å²) in [6.07, 6.45) is 5.06. The van der Waals surface area contributed by atoms with Crippen LogP contribution in [0.25, 0.3) is 0 Å². The third kappa shape index (κ3) is 2.30. The van der Waals surface area contributed by atoms with E-state index in [1.165, 1.54) is 10.9 Å². The Kier molecular flexibility index (Phi) is 2.86. The van der Waals surface area contributed by atoms with Gasteiger partial charge in [-0.15, -0.1) is 0 Å². The average Bonchev–Trinajstić information content (AvgIpc) is 2.88. The zero-order chi connectivity index (χ0) is 12.3. The topological polar surface area (TPSA) is 108 Å². The van der Waals surface area contributed by atoms with E-state index in [4.69, 9.17) is 0 Å². The Morgan fingerprint density at radius 2 is 2.41 bits per heavy atom. The molecule has 2 aromatic heterocycles. The zero-order valence-corrected chi connectivity index (χ0v) is 8.97. The summed E-state index contributed by atoms with van der Waals surface area (Å²) >= 11 is 0. The second-order valence-electron chi connectivity index (χ2n) is 3.23.